The lowest BCUT2D eigenvalue weighted by atomic mass is 10.4. The first-order chi connectivity index (χ1) is 25.9. The Bertz CT molecular complexity index is 1720. The van der Waals surface area contributed by atoms with Gasteiger partial charge in [0.25, 0.3) is 0 Å². The van der Waals surface area contributed by atoms with Crippen LogP contribution in [0.25, 0.3) is 0 Å². The van der Waals surface area contributed by atoms with Gasteiger partial charge in [0, 0.05) is 26.2 Å². The minimum atomic E-state index is -4.12. The molecular weight excluding hydrogens is 773 g/mol. The van der Waals surface area contributed by atoms with Crippen LogP contribution in [-0.2, 0) is 42.9 Å². The van der Waals surface area contributed by atoms with Crippen molar-refractivity contribution in [3.05, 3.63) is 107 Å². The largest absolute Gasteiger partial charge is 0.462 e. The van der Waals surface area contributed by atoms with Gasteiger partial charge in [-0.15, -0.1) is 0 Å². The topological polar surface area (TPSA) is 137 Å². The molecule has 0 saturated carbocycles. The molecule has 0 aromatic heterocycles. The Kier molecular flexibility index (Phi) is 19.6. The maximum atomic E-state index is 13.4. The summed E-state index contributed by atoms with van der Waals surface area (Å²) in [6, 6.07) is 17.0. The van der Waals surface area contributed by atoms with Crippen molar-refractivity contribution < 1.29 is 40.0 Å². The minimum absolute atomic E-state index is 0.00971. The van der Waals surface area contributed by atoms with Crippen LogP contribution in [0.2, 0.25) is 38.3 Å². The molecule has 2 rings (SSSR count). The van der Waals surface area contributed by atoms with Gasteiger partial charge in [0.05, 0.1) is 23.0 Å². The number of allylic oxidation sites excluding steroid dienone is 4. The molecule has 0 saturated heterocycles. The molecule has 0 aliphatic carbocycles. The highest BCUT2D eigenvalue weighted by molar-refractivity contribution is 7.96. The first-order valence-electron chi connectivity index (χ1n) is 18.8. The predicted octanol–water partition coefficient (Wildman–Crippen LogP) is 7.71. The summed E-state index contributed by atoms with van der Waals surface area (Å²) in [6.45, 7) is 19.3. The van der Waals surface area contributed by atoms with Gasteiger partial charge in [0.2, 0.25) is 19.7 Å². The molecular formula is C40H60N2O9S2Si2. The molecule has 0 radical (unpaired) electrons. The average Bonchev–Trinajstić information content (AvgIpc) is 3.15. The van der Waals surface area contributed by atoms with Crippen LogP contribution < -0.4 is 0 Å². The van der Waals surface area contributed by atoms with Crippen LogP contribution in [-0.4, -0.2) is 94.6 Å². The first-order valence-corrected chi connectivity index (χ1v) is 28.0. The lowest BCUT2D eigenvalue weighted by molar-refractivity contribution is -0.139. The normalized spacial score (nSPS) is 13.3. The average molecular weight is 833 g/mol. The van der Waals surface area contributed by atoms with Crippen molar-refractivity contribution in [2.24, 2.45) is 0 Å². The van der Waals surface area contributed by atoms with E-state index >= 15 is 0 Å². The molecule has 0 N–H and O–H groups in total. The molecule has 0 aliphatic heterocycles. The van der Waals surface area contributed by atoms with Gasteiger partial charge < -0.3 is 23.4 Å². The van der Waals surface area contributed by atoms with E-state index < -0.39 is 58.1 Å². The highest BCUT2D eigenvalue weighted by Gasteiger charge is 2.34. The van der Waals surface area contributed by atoms with E-state index in [0.717, 1.165) is 26.2 Å². The molecule has 55 heavy (non-hydrogen) atoms. The fourth-order valence-corrected chi connectivity index (χ4v) is 17.1. The zero-order valence-electron chi connectivity index (χ0n) is 33.7. The standard InChI is InChI=1S/C40H60N2O9S2Si2/c1-9-41(10-2)29-19-27-37(52(45,46)35-23-15-13-16-24-35)39(43)49-31-21-33-54(5,6)51-55(7,8)34-22-32-50-40(44)38(28-20-30-42(11-3)12-4)53(47,48)36-25-17-14-18-26-36/h13-20,23-30H,9-12,21-22,31-34H2,1-8H3. The maximum Gasteiger partial charge on any atom is 0.350 e. The van der Waals surface area contributed by atoms with Crippen LogP contribution in [0.4, 0.5) is 0 Å². The van der Waals surface area contributed by atoms with Crippen molar-refractivity contribution in [1.29, 1.82) is 0 Å². The lowest BCUT2D eigenvalue weighted by Crippen LogP contribution is -2.44. The molecule has 0 unspecified atom stereocenters. The van der Waals surface area contributed by atoms with Gasteiger partial charge in [0.1, 0.15) is 0 Å². The molecule has 0 bridgehead atoms. The lowest BCUT2D eigenvalue weighted by Gasteiger charge is -2.34. The van der Waals surface area contributed by atoms with Crippen molar-refractivity contribution in [3.8, 4) is 0 Å². The molecule has 0 heterocycles. The summed E-state index contributed by atoms with van der Waals surface area (Å²) in [6.07, 6.45) is 10.2. The highest BCUT2D eigenvalue weighted by atomic mass is 32.2. The second-order valence-corrected chi connectivity index (χ2v) is 26.6. The van der Waals surface area contributed by atoms with Crippen molar-refractivity contribution >= 4 is 48.2 Å². The summed E-state index contributed by atoms with van der Waals surface area (Å²) in [4.78, 5) is 29.5. The van der Waals surface area contributed by atoms with E-state index in [1.807, 2.05) is 37.5 Å². The second kappa shape index (κ2) is 22.7. The van der Waals surface area contributed by atoms with Gasteiger partial charge in [-0.25, -0.2) is 26.4 Å². The number of carbonyl (C=O) groups excluding carboxylic acids is 2. The van der Waals surface area contributed by atoms with E-state index in [-0.39, 0.29) is 23.0 Å². The van der Waals surface area contributed by atoms with Crippen LogP contribution in [0.15, 0.2) is 117 Å². The summed E-state index contributed by atoms with van der Waals surface area (Å²) in [5, 5.41) is 0. The number of ether oxygens (including phenoxy) is 2. The van der Waals surface area contributed by atoms with E-state index in [9.17, 15) is 26.4 Å². The highest BCUT2D eigenvalue weighted by Crippen LogP contribution is 2.26. The van der Waals surface area contributed by atoms with E-state index in [4.69, 9.17) is 13.6 Å². The molecule has 0 fully saturated rings. The summed E-state index contributed by atoms with van der Waals surface area (Å²) in [7, 11) is -12.7. The predicted molar refractivity (Wildman–Crippen MR) is 224 cm³/mol. The van der Waals surface area contributed by atoms with Crippen LogP contribution >= 0.6 is 0 Å². The third kappa shape index (κ3) is 15.7. The van der Waals surface area contributed by atoms with Crippen molar-refractivity contribution in [3.63, 3.8) is 0 Å². The van der Waals surface area contributed by atoms with E-state index in [0.29, 0.717) is 24.9 Å². The first kappa shape index (κ1) is 47.4. The fourth-order valence-electron chi connectivity index (χ4n) is 5.68. The van der Waals surface area contributed by atoms with Crippen LogP contribution in [0.1, 0.15) is 40.5 Å². The Hall–Kier alpha value is -3.77. The van der Waals surface area contributed by atoms with Gasteiger partial charge >= 0.3 is 11.9 Å². The Morgan fingerprint density at radius 1 is 0.582 bits per heavy atom. The van der Waals surface area contributed by atoms with Gasteiger partial charge in [-0.1, -0.05) is 36.4 Å². The third-order valence-corrected chi connectivity index (χ3v) is 19.8. The van der Waals surface area contributed by atoms with Crippen molar-refractivity contribution in [1.82, 2.24) is 9.80 Å². The number of nitrogens with zero attached hydrogens (tertiary/aromatic N) is 2. The van der Waals surface area contributed by atoms with Crippen molar-refractivity contribution in [2.45, 2.75) is 88.6 Å². The fraction of sp³-hybridized carbons (Fsp3) is 0.450. The summed E-state index contributed by atoms with van der Waals surface area (Å²) in [5.74, 6) is -1.82. The van der Waals surface area contributed by atoms with Gasteiger partial charge in [-0.2, -0.15) is 0 Å². The van der Waals surface area contributed by atoms with E-state index in [1.54, 1.807) is 61.0 Å². The molecule has 304 valence electrons. The summed E-state index contributed by atoms with van der Waals surface area (Å²) >= 11 is 0. The van der Waals surface area contributed by atoms with Gasteiger partial charge in [0.15, 0.2) is 26.4 Å². The Labute approximate surface area is 331 Å². The third-order valence-electron chi connectivity index (χ3n) is 8.67. The minimum Gasteiger partial charge on any atom is -0.462 e. The molecule has 2 aromatic carbocycles. The van der Waals surface area contributed by atoms with E-state index in [2.05, 4.69) is 26.2 Å². The Balaban J connectivity index is 2.00. The Morgan fingerprint density at radius 3 is 1.22 bits per heavy atom. The summed E-state index contributed by atoms with van der Waals surface area (Å²) < 4.78 is 71.4. The number of benzene rings is 2. The number of rotatable bonds is 24. The molecule has 0 aliphatic rings. The van der Waals surface area contributed by atoms with E-state index in [1.165, 1.54) is 36.4 Å². The maximum absolute atomic E-state index is 13.4. The number of carbonyl (C=O) groups is 2. The van der Waals surface area contributed by atoms with Gasteiger partial charge in [-0.3, -0.25) is 0 Å². The number of hydrogen-bond acceptors (Lipinski definition) is 11. The molecule has 15 heteroatoms. The Morgan fingerprint density at radius 2 is 0.909 bits per heavy atom. The molecule has 11 nitrogen and oxygen atoms in total. The van der Waals surface area contributed by atoms with Crippen LogP contribution in [0, 0.1) is 0 Å². The number of sulfone groups is 2. The molecule has 2 aromatic rings. The summed E-state index contributed by atoms with van der Waals surface area (Å²) in [5.41, 5.74) is 0. The molecule has 0 amide bonds. The van der Waals surface area contributed by atoms with Crippen molar-refractivity contribution in [2.75, 3.05) is 39.4 Å². The number of esters is 2. The quantitative estimate of drug-likeness (QED) is 0.0338. The monoisotopic (exact) mass is 832 g/mol. The second-order valence-electron chi connectivity index (χ2n) is 13.9. The molecule has 0 atom stereocenters. The van der Waals surface area contributed by atoms with Crippen LogP contribution in [0.3, 0.4) is 0 Å². The zero-order valence-corrected chi connectivity index (χ0v) is 37.3. The SMILES string of the molecule is CCN(C=CC=C(C(=O)OCCC[Si](C)(C)O[Si](C)(C)CCCOC(=O)C(=CC=CN(CC)CC)S(=O)(=O)c1ccccc1)S(=O)(=O)c1ccccc1)CC. The number of hydrogen-bond donors (Lipinski definition) is 0. The van der Waals surface area contributed by atoms with Crippen LogP contribution in [0.5, 0.6) is 0 Å². The smallest absolute Gasteiger partial charge is 0.350 e. The molecule has 0 spiro atoms. The zero-order chi connectivity index (χ0) is 41.1. The van der Waals surface area contributed by atoms with Gasteiger partial charge in [-0.05, 0) is 140 Å².